The first-order chi connectivity index (χ1) is 12.4. The maximum Gasteiger partial charge on any atom is 0.339 e. The number of carbonyl (C=O) groups is 1. The predicted molar refractivity (Wildman–Crippen MR) is 98.9 cm³/mol. The van der Waals surface area contributed by atoms with Crippen LogP contribution in [-0.4, -0.2) is 31.7 Å². The molecule has 7 nitrogen and oxygen atoms in total. The van der Waals surface area contributed by atoms with Gasteiger partial charge >= 0.3 is 5.97 Å². The van der Waals surface area contributed by atoms with E-state index in [9.17, 15) is 13.2 Å². The molecule has 0 aliphatic carbocycles. The van der Waals surface area contributed by atoms with E-state index >= 15 is 0 Å². The third kappa shape index (κ3) is 3.85. The van der Waals surface area contributed by atoms with Crippen molar-refractivity contribution in [3.63, 3.8) is 0 Å². The number of methoxy groups -OCH3 is 1. The van der Waals surface area contributed by atoms with E-state index in [0.717, 1.165) is 23.0 Å². The zero-order valence-electron chi connectivity index (χ0n) is 13.3. The van der Waals surface area contributed by atoms with Crippen LogP contribution in [0.3, 0.4) is 0 Å². The van der Waals surface area contributed by atoms with Crippen LogP contribution in [-0.2, 0) is 14.8 Å². The van der Waals surface area contributed by atoms with Crippen molar-refractivity contribution in [3.8, 4) is 10.6 Å². The first-order valence-electron chi connectivity index (χ1n) is 7.20. The van der Waals surface area contributed by atoms with Crippen LogP contribution in [0.15, 0.2) is 53.4 Å². The number of carbonyl (C=O) groups excluding carboxylic acids is 1. The molecule has 134 valence electrons. The topological polar surface area (TPSA) is 98.2 Å². The van der Waals surface area contributed by atoms with Gasteiger partial charge in [-0.3, -0.25) is 4.72 Å². The SMILES string of the molecule is COC(=O)c1cc(S(=O)(=O)Nc2nnc(-c3ccccc3)s2)ccc1Cl. The molecule has 3 aromatic rings. The molecule has 0 aliphatic rings. The fraction of sp³-hybridized carbons (Fsp3) is 0.0625. The molecular weight excluding hydrogens is 398 g/mol. The van der Waals surface area contributed by atoms with E-state index in [2.05, 4.69) is 19.7 Å². The summed E-state index contributed by atoms with van der Waals surface area (Å²) in [6, 6.07) is 13.0. The van der Waals surface area contributed by atoms with Gasteiger partial charge in [0.05, 0.1) is 22.6 Å². The first kappa shape index (κ1) is 18.3. The lowest BCUT2D eigenvalue weighted by Gasteiger charge is -2.07. The van der Waals surface area contributed by atoms with E-state index in [4.69, 9.17) is 11.6 Å². The van der Waals surface area contributed by atoms with E-state index in [1.165, 1.54) is 19.2 Å². The van der Waals surface area contributed by atoms with Gasteiger partial charge in [0.1, 0.15) is 5.01 Å². The summed E-state index contributed by atoms with van der Waals surface area (Å²) in [5.74, 6) is -0.727. The molecule has 3 rings (SSSR count). The highest BCUT2D eigenvalue weighted by molar-refractivity contribution is 7.93. The smallest absolute Gasteiger partial charge is 0.339 e. The summed E-state index contributed by atoms with van der Waals surface area (Å²) in [6.07, 6.45) is 0. The molecule has 0 radical (unpaired) electrons. The lowest BCUT2D eigenvalue weighted by atomic mass is 10.2. The Bertz CT molecular complexity index is 1050. The molecular formula is C16H12ClN3O4S2. The van der Waals surface area contributed by atoms with Crippen molar-refractivity contribution in [2.45, 2.75) is 4.90 Å². The normalized spacial score (nSPS) is 11.2. The minimum Gasteiger partial charge on any atom is -0.465 e. The van der Waals surface area contributed by atoms with Crippen LogP contribution in [0.25, 0.3) is 10.6 Å². The molecule has 0 spiro atoms. The Balaban J connectivity index is 1.88. The standard InChI is InChI=1S/C16H12ClN3O4S2/c1-24-15(21)12-9-11(7-8-13(12)17)26(22,23)20-16-19-18-14(25-16)10-5-3-2-4-6-10/h2-9H,1H3,(H,19,20). The van der Waals surface area contributed by atoms with Gasteiger partial charge in [-0.15, -0.1) is 10.2 Å². The molecule has 0 aliphatic heterocycles. The largest absolute Gasteiger partial charge is 0.465 e. The molecule has 0 atom stereocenters. The molecule has 1 aromatic heterocycles. The molecule has 0 fully saturated rings. The molecule has 0 unspecified atom stereocenters. The Kier molecular flexibility index (Phi) is 5.21. The number of halogens is 1. The van der Waals surface area contributed by atoms with Crippen molar-refractivity contribution < 1.29 is 17.9 Å². The number of hydrogen-bond acceptors (Lipinski definition) is 7. The van der Waals surface area contributed by atoms with Gasteiger partial charge in [0, 0.05) is 5.56 Å². The van der Waals surface area contributed by atoms with Crippen molar-refractivity contribution in [2.24, 2.45) is 0 Å². The highest BCUT2D eigenvalue weighted by Gasteiger charge is 2.21. The number of hydrogen-bond donors (Lipinski definition) is 1. The minimum atomic E-state index is -3.97. The van der Waals surface area contributed by atoms with Gasteiger partial charge in [0.25, 0.3) is 10.0 Å². The lowest BCUT2D eigenvalue weighted by molar-refractivity contribution is 0.0600. The summed E-state index contributed by atoms with van der Waals surface area (Å²) in [5.41, 5.74) is 0.786. The van der Waals surface area contributed by atoms with Crippen LogP contribution in [0.1, 0.15) is 10.4 Å². The van der Waals surface area contributed by atoms with Crippen molar-refractivity contribution >= 4 is 44.1 Å². The number of nitrogens with zero attached hydrogens (tertiary/aromatic N) is 2. The molecule has 0 amide bonds. The number of rotatable bonds is 5. The average Bonchev–Trinajstić information content (AvgIpc) is 3.09. The Hall–Kier alpha value is -2.49. The highest BCUT2D eigenvalue weighted by atomic mass is 35.5. The second kappa shape index (κ2) is 7.40. The van der Waals surface area contributed by atoms with Gasteiger partial charge < -0.3 is 4.74 Å². The van der Waals surface area contributed by atoms with Gasteiger partial charge in [-0.25, -0.2) is 13.2 Å². The molecule has 26 heavy (non-hydrogen) atoms. The van der Waals surface area contributed by atoms with Gasteiger partial charge in [0.2, 0.25) is 5.13 Å². The van der Waals surface area contributed by atoms with E-state index < -0.39 is 16.0 Å². The third-order valence-electron chi connectivity index (χ3n) is 3.32. The summed E-state index contributed by atoms with van der Waals surface area (Å²) in [7, 11) is -2.79. The van der Waals surface area contributed by atoms with E-state index in [1.54, 1.807) is 0 Å². The molecule has 0 saturated heterocycles. The zero-order valence-corrected chi connectivity index (χ0v) is 15.7. The number of sulfonamides is 1. The highest BCUT2D eigenvalue weighted by Crippen LogP contribution is 2.28. The van der Waals surface area contributed by atoms with Crippen LogP contribution in [0, 0.1) is 0 Å². The Morgan fingerprint density at radius 2 is 1.88 bits per heavy atom. The first-order valence-corrected chi connectivity index (χ1v) is 9.88. The van der Waals surface area contributed by atoms with Crippen LogP contribution in [0.2, 0.25) is 5.02 Å². The van der Waals surface area contributed by atoms with Gasteiger partial charge in [-0.2, -0.15) is 0 Å². The number of aromatic nitrogens is 2. The molecule has 1 heterocycles. The van der Waals surface area contributed by atoms with E-state index in [0.29, 0.717) is 5.01 Å². The summed E-state index contributed by atoms with van der Waals surface area (Å²) >= 11 is 7.01. The molecule has 2 aromatic carbocycles. The molecule has 0 bridgehead atoms. The maximum absolute atomic E-state index is 12.6. The summed E-state index contributed by atoms with van der Waals surface area (Å²) in [5, 5.41) is 8.62. The zero-order chi connectivity index (χ0) is 18.7. The van der Waals surface area contributed by atoms with Crippen LogP contribution >= 0.6 is 22.9 Å². The van der Waals surface area contributed by atoms with Crippen LogP contribution in [0.5, 0.6) is 0 Å². The van der Waals surface area contributed by atoms with Crippen molar-refractivity contribution in [3.05, 3.63) is 59.1 Å². The Labute approximate surface area is 158 Å². The van der Waals surface area contributed by atoms with Crippen molar-refractivity contribution in [2.75, 3.05) is 11.8 Å². The van der Waals surface area contributed by atoms with Gasteiger partial charge in [0.15, 0.2) is 0 Å². The number of anilines is 1. The average molecular weight is 410 g/mol. The molecule has 0 saturated carbocycles. The van der Waals surface area contributed by atoms with Crippen LogP contribution < -0.4 is 4.72 Å². The number of ether oxygens (including phenoxy) is 1. The maximum atomic E-state index is 12.6. The second-order valence-electron chi connectivity index (χ2n) is 5.02. The van der Waals surface area contributed by atoms with Crippen molar-refractivity contribution in [1.29, 1.82) is 0 Å². The quantitative estimate of drug-likeness (QED) is 0.648. The minimum absolute atomic E-state index is 0.0423. The molecule has 1 N–H and O–H groups in total. The number of benzene rings is 2. The monoisotopic (exact) mass is 409 g/mol. The fourth-order valence-electron chi connectivity index (χ4n) is 2.07. The summed E-state index contributed by atoms with van der Waals surface area (Å²) in [6.45, 7) is 0. The van der Waals surface area contributed by atoms with E-state index in [-0.39, 0.29) is 20.6 Å². The van der Waals surface area contributed by atoms with Crippen molar-refractivity contribution in [1.82, 2.24) is 10.2 Å². The number of esters is 1. The number of nitrogens with one attached hydrogen (secondary N) is 1. The third-order valence-corrected chi connectivity index (χ3v) is 6.00. The predicted octanol–water partition coefficient (Wildman–Crippen LogP) is 3.45. The fourth-order valence-corrected chi connectivity index (χ4v) is 4.27. The Morgan fingerprint density at radius 1 is 1.15 bits per heavy atom. The van der Waals surface area contributed by atoms with E-state index in [1.807, 2.05) is 30.3 Å². The lowest BCUT2D eigenvalue weighted by Crippen LogP contribution is -2.14. The van der Waals surface area contributed by atoms with Gasteiger partial charge in [-0.1, -0.05) is 53.3 Å². The summed E-state index contributed by atoms with van der Waals surface area (Å²) in [4.78, 5) is 11.5. The van der Waals surface area contributed by atoms with Gasteiger partial charge in [-0.05, 0) is 18.2 Å². The van der Waals surface area contributed by atoms with Crippen LogP contribution in [0.4, 0.5) is 5.13 Å². The molecule has 10 heteroatoms. The second-order valence-corrected chi connectivity index (χ2v) is 8.08. The summed E-state index contributed by atoms with van der Waals surface area (Å²) < 4.78 is 32.1. The Morgan fingerprint density at radius 3 is 2.58 bits per heavy atom.